The summed E-state index contributed by atoms with van der Waals surface area (Å²) in [5.74, 6) is 0.302. The minimum Gasteiger partial charge on any atom is -0.294 e. The van der Waals surface area contributed by atoms with Crippen LogP contribution in [0.1, 0.15) is 21.6 Å². The molecule has 3 aromatic rings. The number of hydrogen-bond donors (Lipinski definition) is 0. The molecule has 102 valence electrons. The van der Waals surface area contributed by atoms with E-state index < -0.39 is 0 Å². The van der Waals surface area contributed by atoms with E-state index in [4.69, 9.17) is 0 Å². The Labute approximate surface area is 123 Å². The van der Waals surface area contributed by atoms with Gasteiger partial charge in [0.15, 0.2) is 5.78 Å². The fourth-order valence-corrected chi connectivity index (χ4v) is 3.16. The lowest BCUT2D eigenvalue weighted by atomic mass is 9.98. The molecular formula is C19H15NO. The summed E-state index contributed by atoms with van der Waals surface area (Å²) in [6, 6.07) is 20.1. The van der Waals surface area contributed by atoms with E-state index in [1.54, 1.807) is 0 Å². The number of carbonyl (C=O) groups excluding carboxylic acids is 1. The van der Waals surface area contributed by atoms with Gasteiger partial charge in [-0.15, -0.1) is 0 Å². The zero-order valence-corrected chi connectivity index (χ0v) is 11.6. The molecule has 0 amide bonds. The maximum atomic E-state index is 12.4. The molecule has 1 unspecified atom stereocenters. The molecule has 2 heteroatoms. The number of pyridine rings is 1. The fraction of sp³-hybridized carbons (Fsp3) is 0.158. The molecule has 1 aliphatic carbocycles. The van der Waals surface area contributed by atoms with Crippen molar-refractivity contribution in [3.05, 3.63) is 77.5 Å². The second kappa shape index (κ2) is 4.81. The Kier molecular flexibility index (Phi) is 2.81. The van der Waals surface area contributed by atoms with Gasteiger partial charge in [0.05, 0.1) is 5.52 Å². The van der Waals surface area contributed by atoms with Gasteiger partial charge in [0.25, 0.3) is 0 Å². The van der Waals surface area contributed by atoms with Crippen molar-refractivity contribution < 1.29 is 4.79 Å². The zero-order valence-electron chi connectivity index (χ0n) is 11.6. The van der Waals surface area contributed by atoms with Crippen LogP contribution in [0.25, 0.3) is 10.9 Å². The molecule has 21 heavy (non-hydrogen) atoms. The Bertz CT molecular complexity index is 838. The van der Waals surface area contributed by atoms with Crippen LogP contribution in [-0.2, 0) is 12.8 Å². The molecule has 0 aliphatic heterocycles. The van der Waals surface area contributed by atoms with E-state index in [0.717, 1.165) is 35.0 Å². The first kappa shape index (κ1) is 12.3. The van der Waals surface area contributed by atoms with Crippen LogP contribution in [0.15, 0.2) is 60.7 Å². The number of fused-ring (bicyclic) bond motifs is 2. The van der Waals surface area contributed by atoms with Crippen molar-refractivity contribution in [3.8, 4) is 0 Å². The van der Waals surface area contributed by atoms with Crippen LogP contribution in [0, 0.1) is 5.92 Å². The molecule has 2 aromatic carbocycles. The molecule has 1 atom stereocenters. The Morgan fingerprint density at radius 1 is 0.952 bits per heavy atom. The highest BCUT2D eigenvalue weighted by atomic mass is 16.1. The highest BCUT2D eigenvalue weighted by Gasteiger charge is 2.30. The van der Waals surface area contributed by atoms with Crippen molar-refractivity contribution in [3.63, 3.8) is 0 Å². The summed E-state index contributed by atoms with van der Waals surface area (Å²) >= 11 is 0. The van der Waals surface area contributed by atoms with E-state index in [1.165, 1.54) is 5.56 Å². The molecule has 1 aliphatic rings. The number of hydrogen-bond acceptors (Lipinski definition) is 2. The lowest BCUT2D eigenvalue weighted by molar-refractivity contribution is 0.0935. The number of para-hydroxylation sites is 1. The lowest BCUT2D eigenvalue weighted by Gasteiger charge is -2.08. The Hall–Kier alpha value is -2.48. The molecule has 0 saturated carbocycles. The van der Waals surface area contributed by atoms with Gasteiger partial charge in [-0.3, -0.25) is 9.78 Å². The van der Waals surface area contributed by atoms with Crippen molar-refractivity contribution in [1.82, 2.24) is 4.98 Å². The van der Waals surface area contributed by atoms with E-state index in [-0.39, 0.29) is 11.7 Å². The van der Waals surface area contributed by atoms with E-state index in [0.29, 0.717) is 0 Å². The van der Waals surface area contributed by atoms with Crippen LogP contribution in [0.3, 0.4) is 0 Å². The van der Waals surface area contributed by atoms with Crippen molar-refractivity contribution in [2.45, 2.75) is 12.8 Å². The summed E-state index contributed by atoms with van der Waals surface area (Å²) in [4.78, 5) is 17.1. The molecule has 0 spiro atoms. The van der Waals surface area contributed by atoms with Crippen LogP contribution in [-0.4, -0.2) is 10.8 Å². The summed E-state index contributed by atoms with van der Waals surface area (Å²) in [6.07, 6.45) is 1.56. The molecule has 0 N–H and O–H groups in total. The van der Waals surface area contributed by atoms with Gasteiger partial charge in [-0.05, 0) is 24.1 Å². The highest BCUT2D eigenvalue weighted by Crippen LogP contribution is 2.29. The summed E-state index contributed by atoms with van der Waals surface area (Å²) < 4.78 is 0. The molecule has 0 fully saturated rings. The van der Waals surface area contributed by atoms with Crippen molar-refractivity contribution in [2.75, 3.05) is 0 Å². The third kappa shape index (κ3) is 2.13. The normalized spacial score (nSPS) is 17.1. The molecule has 1 heterocycles. The first-order chi connectivity index (χ1) is 10.3. The fourth-order valence-electron chi connectivity index (χ4n) is 3.16. The predicted octanol–water partition coefficient (Wildman–Crippen LogP) is 3.83. The van der Waals surface area contributed by atoms with Gasteiger partial charge in [-0.1, -0.05) is 48.5 Å². The van der Waals surface area contributed by atoms with Gasteiger partial charge in [-0.2, -0.15) is 0 Å². The zero-order chi connectivity index (χ0) is 14.2. The van der Waals surface area contributed by atoms with Gasteiger partial charge >= 0.3 is 0 Å². The molecule has 0 bridgehead atoms. The van der Waals surface area contributed by atoms with Gasteiger partial charge in [0, 0.05) is 29.0 Å². The third-order valence-corrected chi connectivity index (χ3v) is 4.23. The van der Waals surface area contributed by atoms with Crippen LogP contribution < -0.4 is 0 Å². The number of rotatable bonds is 2. The van der Waals surface area contributed by atoms with Gasteiger partial charge < -0.3 is 0 Å². The molecule has 4 rings (SSSR count). The molecule has 0 radical (unpaired) electrons. The van der Waals surface area contributed by atoms with E-state index in [9.17, 15) is 4.79 Å². The van der Waals surface area contributed by atoms with Crippen LogP contribution >= 0.6 is 0 Å². The van der Waals surface area contributed by atoms with Crippen LogP contribution in [0.2, 0.25) is 0 Å². The average molecular weight is 273 g/mol. The maximum Gasteiger partial charge on any atom is 0.166 e. The number of Topliss-reactive ketones (excluding diaryl/α,β-unsaturated/α-hetero) is 1. The number of benzene rings is 2. The van der Waals surface area contributed by atoms with Crippen molar-refractivity contribution in [2.24, 2.45) is 5.92 Å². The molecular weight excluding hydrogens is 258 g/mol. The summed E-state index contributed by atoms with van der Waals surface area (Å²) in [6.45, 7) is 0. The van der Waals surface area contributed by atoms with Gasteiger partial charge in [-0.25, -0.2) is 0 Å². The quantitative estimate of drug-likeness (QED) is 0.710. The summed E-state index contributed by atoms with van der Waals surface area (Å²) in [7, 11) is 0. The Morgan fingerprint density at radius 2 is 1.76 bits per heavy atom. The van der Waals surface area contributed by atoms with Crippen molar-refractivity contribution in [1.29, 1.82) is 0 Å². The highest BCUT2D eigenvalue weighted by molar-refractivity contribution is 6.02. The number of carbonyl (C=O) groups is 1. The number of nitrogens with zero attached hydrogens (tertiary/aromatic N) is 1. The van der Waals surface area contributed by atoms with E-state index in [1.807, 2.05) is 42.5 Å². The second-order valence-electron chi connectivity index (χ2n) is 5.62. The van der Waals surface area contributed by atoms with Crippen molar-refractivity contribution >= 4 is 16.7 Å². The minimum atomic E-state index is 0.0380. The van der Waals surface area contributed by atoms with Crippen LogP contribution in [0.5, 0.6) is 0 Å². The third-order valence-electron chi connectivity index (χ3n) is 4.23. The van der Waals surface area contributed by atoms with Gasteiger partial charge in [0.2, 0.25) is 0 Å². The molecule has 0 saturated heterocycles. The summed E-state index contributed by atoms with van der Waals surface area (Å²) in [5.41, 5.74) is 4.06. The first-order valence-electron chi connectivity index (χ1n) is 7.28. The minimum absolute atomic E-state index is 0.0380. The number of ketones is 1. The maximum absolute atomic E-state index is 12.4. The smallest absolute Gasteiger partial charge is 0.166 e. The predicted molar refractivity (Wildman–Crippen MR) is 83.4 cm³/mol. The lowest BCUT2D eigenvalue weighted by Crippen LogP contribution is -2.13. The SMILES string of the molecule is O=C1c2ccccc2CC1Cc1ccc2ccccc2n1. The molecule has 1 aromatic heterocycles. The molecule has 2 nitrogen and oxygen atoms in total. The standard InChI is InChI=1S/C19H15NO/c21-19-15(11-14-6-1-3-7-17(14)19)12-16-10-9-13-5-2-4-8-18(13)20-16/h1-10,15H,11-12H2. The van der Waals surface area contributed by atoms with Gasteiger partial charge in [0.1, 0.15) is 0 Å². The van der Waals surface area contributed by atoms with E-state index in [2.05, 4.69) is 23.2 Å². The Balaban J connectivity index is 1.63. The monoisotopic (exact) mass is 273 g/mol. The number of aromatic nitrogens is 1. The van der Waals surface area contributed by atoms with E-state index >= 15 is 0 Å². The largest absolute Gasteiger partial charge is 0.294 e. The topological polar surface area (TPSA) is 30.0 Å². The summed E-state index contributed by atoms with van der Waals surface area (Å²) in [5, 5.41) is 1.14. The Morgan fingerprint density at radius 3 is 2.67 bits per heavy atom. The van der Waals surface area contributed by atoms with Crippen LogP contribution in [0.4, 0.5) is 0 Å². The second-order valence-corrected chi connectivity index (χ2v) is 5.62. The first-order valence-corrected chi connectivity index (χ1v) is 7.28. The average Bonchev–Trinajstić information content (AvgIpc) is 2.84.